The lowest BCUT2D eigenvalue weighted by Crippen LogP contribution is -2.29. The van der Waals surface area contributed by atoms with Crippen LogP contribution in [-0.4, -0.2) is 26.5 Å². The van der Waals surface area contributed by atoms with Crippen molar-refractivity contribution in [2.75, 3.05) is 12.8 Å². The third kappa shape index (κ3) is 3.82. The SMILES string of the molecule is CCc1ccc(C(CS(=O)(=O)C(C)C)NC)cc1. The summed E-state index contributed by atoms with van der Waals surface area (Å²) in [6.07, 6.45) is 0.995. The molecular formula is C14H23NO2S. The summed E-state index contributed by atoms with van der Waals surface area (Å²) in [6, 6.07) is 8.00. The van der Waals surface area contributed by atoms with Gasteiger partial charge in [-0.1, -0.05) is 31.2 Å². The van der Waals surface area contributed by atoms with E-state index in [1.54, 1.807) is 20.9 Å². The first-order valence-corrected chi connectivity index (χ1v) is 8.10. The van der Waals surface area contributed by atoms with Gasteiger partial charge in [-0.2, -0.15) is 0 Å². The zero-order chi connectivity index (χ0) is 13.8. The molecule has 0 fully saturated rings. The molecule has 0 heterocycles. The fourth-order valence-corrected chi connectivity index (χ4v) is 2.97. The van der Waals surface area contributed by atoms with Crippen molar-refractivity contribution in [3.63, 3.8) is 0 Å². The third-order valence-electron chi connectivity index (χ3n) is 3.26. The Morgan fingerprint density at radius 1 is 1.17 bits per heavy atom. The van der Waals surface area contributed by atoms with Crippen molar-refractivity contribution in [2.45, 2.75) is 38.5 Å². The zero-order valence-corrected chi connectivity index (χ0v) is 12.4. The molecule has 0 saturated carbocycles. The van der Waals surface area contributed by atoms with Crippen LogP contribution in [0, 0.1) is 0 Å². The van der Waals surface area contributed by atoms with Crippen LogP contribution in [-0.2, 0) is 16.3 Å². The van der Waals surface area contributed by atoms with E-state index >= 15 is 0 Å². The first kappa shape index (κ1) is 15.2. The molecule has 1 rings (SSSR count). The Bertz CT molecular complexity index is 463. The average molecular weight is 269 g/mol. The maximum Gasteiger partial charge on any atom is 0.154 e. The molecule has 0 spiro atoms. The van der Waals surface area contributed by atoms with Gasteiger partial charge in [0.25, 0.3) is 0 Å². The van der Waals surface area contributed by atoms with Gasteiger partial charge in [-0.05, 0) is 38.4 Å². The highest BCUT2D eigenvalue weighted by Gasteiger charge is 2.22. The van der Waals surface area contributed by atoms with Crippen LogP contribution in [0.5, 0.6) is 0 Å². The molecule has 0 aliphatic carbocycles. The molecule has 4 heteroatoms. The second-order valence-electron chi connectivity index (χ2n) is 4.81. The molecule has 0 aliphatic rings. The quantitative estimate of drug-likeness (QED) is 0.862. The fraction of sp³-hybridized carbons (Fsp3) is 0.571. The lowest BCUT2D eigenvalue weighted by atomic mass is 10.1. The molecule has 1 aromatic rings. The van der Waals surface area contributed by atoms with Crippen molar-refractivity contribution in [3.05, 3.63) is 35.4 Å². The van der Waals surface area contributed by atoms with Crippen LogP contribution in [0.4, 0.5) is 0 Å². The Hall–Kier alpha value is -0.870. The van der Waals surface area contributed by atoms with E-state index < -0.39 is 9.84 Å². The molecule has 0 aliphatic heterocycles. The van der Waals surface area contributed by atoms with Crippen molar-refractivity contribution in [3.8, 4) is 0 Å². The summed E-state index contributed by atoms with van der Waals surface area (Å²) in [4.78, 5) is 0. The molecule has 1 aromatic carbocycles. The molecule has 1 N–H and O–H groups in total. The van der Waals surface area contributed by atoms with Crippen molar-refractivity contribution < 1.29 is 8.42 Å². The molecule has 102 valence electrons. The smallest absolute Gasteiger partial charge is 0.154 e. The molecule has 0 radical (unpaired) electrons. The minimum atomic E-state index is -3.04. The van der Waals surface area contributed by atoms with E-state index in [0.717, 1.165) is 12.0 Å². The molecule has 18 heavy (non-hydrogen) atoms. The van der Waals surface area contributed by atoms with Gasteiger partial charge < -0.3 is 5.32 Å². The summed E-state index contributed by atoms with van der Waals surface area (Å²) < 4.78 is 23.9. The number of sulfone groups is 1. The number of nitrogens with one attached hydrogen (secondary N) is 1. The summed E-state index contributed by atoms with van der Waals surface area (Å²) in [6.45, 7) is 5.55. The first-order chi connectivity index (χ1) is 8.40. The van der Waals surface area contributed by atoms with Gasteiger partial charge in [0.05, 0.1) is 11.0 Å². The predicted octanol–water partition coefficient (Wildman–Crippen LogP) is 2.33. The highest BCUT2D eigenvalue weighted by molar-refractivity contribution is 7.92. The Morgan fingerprint density at radius 2 is 1.72 bits per heavy atom. The van der Waals surface area contributed by atoms with Crippen molar-refractivity contribution in [1.29, 1.82) is 0 Å². The van der Waals surface area contributed by atoms with Gasteiger partial charge in [-0.25, -0.2) is 8.42 Å². The van der Waals surface area contributed by atoms with E-state index in [0.29, 0.717) is 0 Å². The predicted molar refractivity (Wildman–Crippen MR) is 76.5 cm³/mol. The van der Waals surface area contributed by atoms with E-state index in [9.17, 15) is 8.42 Å². The van der Waals surface area contributed by atoms with Crippen LogP contribution in [0.1, 0.15) is 37.9 Å². The summed E-state index contributed by atoms with van der Waals surface area (Å²) in [5, 5.41) is 2.76. The first-order valence-electron chi connectivity index (χ1n) is 6.38. The van der Waals surface area contributed by atoms with E-state index in [2.05, 4.69) is 24.4 Å². The third-order valence-corrected chi connectivity index (χ3v) is 5.49. The number of hydrogen-bond donors (Lipinski definition) is 1. The van der Waals surface area contributed by atoms with Crippen LogP contribution in [0.2, 0.25) is 0 Å². The van der Waals surface area contributed by atoms with Crippen molar-refractivity contribution >= 4 is 9.84 Å². The van der Waals surface area contributed by atoms with Gasteiger partial charge in [0.2, 0.25) is 0 Å². The summed E-state index contributed by atoms with van der Waals surface area (Å²) >= 11 is 0. The van der Waals surface area contributed by atoms with Gasteiger partial charge in [-0.15, -0.1) is 0 Å². The normalized spacial score (nSPS) is 13.8. The van der Waals surface area contributed by atoms with Crippen molar-refractivity contribution in [2.24, 2.45) is 0 Å². The monoisotopic (exact) mass is 269 g/mol. The largest absolute Gasteiger partial charge is 0.312 e. The van der Waals surface area contributed by atoms with E-state index in [4.69, 9.17) is 0 Å². The van der Waals surface area contributed by atoms with E-state index in [1.165, 1.54) is 5.56 Å². The lowest BCUT2D eigenvalue weighted by Gasteiger charge is -2.18. The maximum atomic E-state index is 12.0. The fourth-order valence-electron chi connectivity index (χ4n) is 1.76. The molecule has 1 atom stereocenters. The van der Waals surface area contributed by atoms with Gasteiger partial charge >= 0.3 is 0 Å². The lowest BCUT2D eigenvalue weighted by molar-refractivity contribution is 0.566. The molecule has 0 aromatic heterocycles. The molecule has 1 unspecified atom stereocenters. The highest BCUT2D eigenvalue weighted by atomic mass is 32.2. The molecule has 3 nitrogen and oxygen atoms in total. The number of hydrogen-bond acceptors (Lipinski definition) is 3. The maximum absolute atomic E-state index is 12.0. The van der Waals surface area contributed by atoms with Crippen LogP contribution in [0.15, 0.2) is 24.3 Å². The van der Waals surface area contributed by atoms with Gasteiger partial charge in [0.1, 0.15) is 0 Å². The molecule has 0 bridgehead atoms. The second kappa shape index (κ2) is 6.34. The minimum Gasteiger partial charge on any atom is -0.312 e. The Kier molecular flexibility index (Phi) is 5.35. The van der Waals surface area contributed by atoms with Crippen LogP contribution in [0.25, 0.3) is 0 Å². The van der Waals surface area contributed by atoms with Crippen LogP contribution in [0.3, 0.4) is 0 Å². The Balaban J connectivity index is 2.89. The van der Waals surface area contributed by atoms with Crippen LogP contribution >= 0.6 is 0 Å². The Labute approximate surface area is 111 Å². The van der Waals surface area contributed by atoms with Crippen molar-refractivity contribution in [1.82, 2.24) is 5.32 Å². The minimum absolute atomic E-state index is 0.136. The zero-order valence-electron chi connectivity index (χ0n) is 11.6. The molecule has 0 amide bonds. The molecular weight excluding hydrogens is 246 g/mol. The summed E-state index contributed by atoms with van der Waals surface area (Å²) in [5.41, 5.74) is 2.29. The van der Waals surface area contributed by atoms with Gasteiger partial charge in [-0.3, -0.25) is 0 Å². The second-order valence-corrected chi connectivity index (χ2v) is 7.42. The average Bonchev–Trinajstić information content (AvgIpc) is 2.36. The summed E-state index contributed by atoms with van der Waals surface area (Å²) in [7, 11) is -1.24. The topological polar surface area (TPSA) is 46.2 Å². The number of aryl methyl sites for hydroxylation is 1. The van der Waals surface area contributed by atoms with E-state index in [1.807, 2.05) is 12.1 Å². The number of benzene rings is 1. The standard InChI is InChI=1S/C14H23NO2S/c1-5-12-6-8-13(9-7-12)14(15-4)10-18(16,17)11(2)3/h6-9,11,14-15H,5,10H2,1-4H3. The van der Waals surface area contributed by atoms with Gasteiger partial charge in [0.15, 0.2) is 9.84 Å². The van der Waals surface area contributed by atoms with E-state index in [-0.39, 0.29) is 17.0 Å². The highest BCUT2D eigenvalue weighted by Crippen LogP contribution is 2.18. The summed E-state index contributed by atoms with van der Waals surface area (Å²) in [5.74, 6) is 0.145. The Morgan fingerprint density at radius 3 is 2.11 bits per heavy atom. The van der Waals surface area contributed by atoms with Crippen LogP contribution < -0.4 is 5.32 Å². The molecule has 0 saturated heterocycles. The van der Waals surface area contributed by atoms with Gasteiger partial charge in [0, 0.05) is 6.04 Å². The number of rotatable bonds is 6.